The third-order valence-electron chi connectivity index (χ3n) is 1.95. The Morgan fingerprint density at radius 3 is 2.69 bits per heavy atom. The van der Waals surface area contributed by atoms with Gasteiger partial charge in [-0.15, -0.1) is 0 Å². The van der Waals surface area contributed by atoms with Crippen LogP contribution in [0.2, 0.25) is 0 Å². The molecule has 0 rings (SSSR count). The van der Waals surface area contributed by atoms with Crippen molar-refractivity contribution in [3.8, 4) is 0 Å². The normalized spacial score (nSPS) is 9.88. The first kappa shape index (κ1) is 15.1. The lowest BCUT2D eigenvalue weighted by molar-refractivity contribution is -0.137. The van der Waals surface area contributed by atoms with E-state index < -0.39 is 5.97 Å². The molecule has 0 spiro atoms. The van der Waals surface area contributed by atoms with Gasteiger partial charge >= 0.3 is 12.0 Å². The highest BCUT2D eigenvalue weighted by molar-refractivity contribution is 7.99. The average molecular weight is 248 g/mol. The number of urea groups is 1. The van der Waals surface area contributed by atoms with Crippen molar-refractivity contribution in [2.45, 2.75) is 19.8 Å². The number of aliphatic carboxylic acids is 1. The van der Waals surface area contributed by atoms with Crippen molar-refractivity contribution in [1.29, 1.82) is 0 Å². The molecule has 0 aliphatic carbocycles. The fourth-order valence-electron chi connectivity index (χ4n) is 1.01. The molecule has 6 heteroatoms. The van der Waals surface area contributed by atoms with E-state index in [1.165, 1.54) is 4.90 Å². The molecule has 0 saturated heterocycles. The lowest BCUT2D eigenvalue weighted by Gasteiger charge is -2.16. The maximum atomic E-state index is 11.4. The van der Waals surface area contributed by atoms with Crippen LogP contribution in [0.1, 0.15) is 19.8 Å². The number of carboxylic acid groups (broad SMARTS) is 1. The van der Waals surface area contributed by atoms with Crippen LogP contribution in [0.15, 0.2) is 0 Å². The maximum absolute atomic E-state index is 11.4. The van der Waals surface area contributed by atoms with E-state index in [2.05, 4.69) is 12.2 Å². The Hall–Kier alpha value is -0.910. The van der Waals surface area contributed by atoms with E-state index in [1.807, 2.05) is 11.8 Å². The number of carboxylic acids is 1. The molecule has 0 fully saturated rings. The minimum atomic E-state index is -0.890. The van der Waals surface area contributed by atoms with Gasteiger partial charge in [-0.2, -0.15) is 11.8 Å². The summed E-state index contributed by atoms with van der Waals surface area (Å²) in [5.74, 6) is 1.24. The van der Waals surface area contributed by atoms with E-state index in [1.54, 1.807) is 7.05 Å². The molecule has 0 unspecified atom stereocenters. The van der Waals surface area contributed by atoms with Crippen molar-refractivity contribution in [3.05, 3.63) is 0 Å². The van der Waals surface area contributed by atoms with Gasteiger partial charge in [0.25, 0.3) is 0 Å². The zero-order chi connectivity index (χ0) is 12.4. The van der Waals surface area contributed by atoms with E-state index in [4.69, 9.17) is 5.11 Å². The van der Waals surface area contributed by atoms with E-state index in [-0.39, 0.29) is 19.0 Å². The quantitative estimate of drug-likeness (QED) is 0.634. The minimum Gasteiger partial charge on any atom is -0.481 e. The van der Waals surface area contributed by atoms with Gasteiger partial charge in [-0.1, -0.05) is 6.92 Å². The third-order valence-corrected chi connectivity index (χ3v) is 2.94. The highest BCUT2D eigenvalue weighted by Crippen LogP contribution is 1.99. The summed E-state index contributed by atoms with van der Waals surface area (Å²) in [5, 5.41) is 11.2. The standard InChI is InChI=1S/C10H20N2O3S/c1-3-16-8-4-6-11-10(15)12(2)7-5-9(13)14/h3-8H2,1-2H3,(H,11,15)(H,13,14). The zero-order valence-corrected chi connectivity index (χ0v) is 10.7. The number of thioether (sulfide) groups is 1. The molecule has 16 heavy (non-hydrogen) atoms. The van der Waals surface area contributed by atoms with Crippen LogP contribution >= 0.6 is 11.8 Å². The molecule has 0 heterocycles. The zero-order valence-electron chi connectivity index (χ0n) is 9.86. The van der Waals surface area contributed by atoms with Gasteiger partial charge in [0.1, 0.15) is 0 Å². The lowest BCUT2D eigenvalue weighted by Crippen LogP contribution is -2.38. The molecule has 0 atom stereocenters. The summed E-state index contributed by atoms with van der Waals surface area (Å²) >= 11 is 1.84. The number of carbonyl (C=O) groups excluding carboxylic acids is 1. The van der Waals surface area contributed by atoms with Crippen LogP contribution in [-0.4, -0.2) is 53.6 Å². The van der Waals surface area contributed by atoms with Crippen molar-refractivity contribution in [2.24, 2.45) is 0 Å². The fraction of sp³-hybridized carbons (Fsp3) is 0.800. The van der Waals surface area contributed by atoms with Crippen molar-refractivity contribution >= 4 is 23.8 Å². The summed E-state index contributed by atoms with van der Waals surface area (Å²) in [6.07, 6.45) is 0.923. The van der Waals surface area contributed by atoms with Crippen LogP contribution in [0.4, 0.5) is 4.79 Å². The first-order valence-corrected chi connectivity index (χ1v) is 6.52. The van der Waals surface area contributed by atoms with Crippen LogP contribution < -0.4 is 5.32 Å². The van der Waals surface area contributed by atoms with Crippen LogP contribution in [0.3, 0.4) is 0 Å². The summed E-state index contributed by atoms with van der Waals surface area (Å²) < 4.78 is 0. The van der Waals surface area contributed by atoms with Gasteiger partial charge in [-0.05, 0) is 17.9 Å². The Morgan fingerprint density at radius 2 is 2.12 bits per heavy atom. The third kappa shape index (κ3) is 8.40. The molecule has 0 aliphatic rings. The lowest BCUT2D eigenvalue weighted by atomic mass is 10.4. The van der Waals surface area contributed by atoms with Gasteiger partial charge in [0.2, 0.25) is 0 Å². The van der Waals surface area contributed by atoms with Gasteiger partial charge in [0.15, 0.2) is 0 Å². The summed E-state index contributed by atoms with van der Waals surface area (Å²) in [6.45, 7) is 2.98. The highest BCUT2D eigenvalue weighted by Gasteiger charge is 2.08. The van der Waals surface area contributed by atoms with Crippen LogP contribution in [0, 0.1) is 0 Å². The van der Waals surface area contributed by atoms with Gasteiger partial charge in [-0.3, -0.25) is 4.79 Å². The van der Waals surface area contributed by atoms with Crippen LogP contribution in [0.25, 0.3) is 0 Å². The summed E-state index contributed by atoms with van der Waals surface area (Å²) in [7, 11) is 1.60. The topological polar surface area (TPSA) is 69.6 Å². The number of rotatable bonds is 8. The average Bonchev–Trinajstić information content (AvgIpc) is 2.25. The smallest absolute Gasteiger partial charge is 0.317 e. The Bertz CT molecular complexity index is 224. The van der Waals surface area contributed by atoms with Gasteiger partial charge in [0, 0.05) is 20.1 Å². The summed E-state index contributed by atoms with van der Waals surface area (Å²) in [4.78, 5) is 23.1. The Labute approximate surface area is 101 Å². The van der Waals surface area contributed by atoms with Gasteiger partial charge in [0.05, 0.1) is 6.42 Å². The Kier molecular flexibility index (Phi) is 8.80. The number of nitrogens with one attached hydrogen (secondary N) is 1. The first-order chi connectivity index (χ1) is 7.57. The molecular formula is C10H20N2O3S. The number of nitrogens with zero attached hydrogens (tertiary/aromatic N) is 1. The van der Waals surface area contributed by atoms with Crippen LogP contribution in [0.5, 0.6) is 0 Å². The van der Waals surface area contributed by atoms with Crippen molar-refractivity contribution in [1.82, 2.24) is 10.2 Å². The molecule has 0 aliphatic heterocycles. The van der Waals surface area contributed by atoms with E-state index in [0.29, 0.717) is 6.54 Å². The largest absolute Gasteiger partial charge is 0.481 e. The van der Waals surface area contributed by atoms with Crippen molar-refractivity contribution in [3.63, 3.8) is 0 Å². The monoisotopic (exact) mass is 248 g/mol. The SMILES string of the molecule is CCSCCCNC(=O)N(C)CCC(=O)O. The number of hydrogen-bond donors (Lipinski definition) is 2. The van der Waals surface area contributed by atoms with Gasteiger partial charge < -0.3 is 15.3 Å². The molecule has 2 amide bonds. The second kappa shape index (κ2) is 9.33. The second-order valence-electron chi connectivity index (χ2n) is 3.35. The molecular weight excluding hydrogens is 228 g/mol. The molecule has 0 bridgehead atoms. The molecule has 2 N–H and O–H groups in total. The molecule has 0 aromatic heterocycles. The molecule has 0 aromatic carbocycles. The summed E-state index contributed by atoms with van der Waals surface area (Å²) in [5.41, 5.74) is 0. The Morgan fingerprint density at radius 1 is 1.44 bits per heavy atom. The predicted octanol–water partition coefficient (Wildman–Crippen LogP) is 1.25. The van der Waals surface area contributed by atoms with Gasteiger partial charge in [-0.25, -0.2) is 4.79 Å². The molecule has 0 saturated carbocycles. The first-order valence-electron chi connectivity index (χ1n) is 5.36. The highest BCUT2D eigenvalue weighted by atomic mass is 32.2. The fourth-order valence-corrected chi connectivity index (χ4v) is 1.65. The van der Waals surface area contributed by atoms with Crippen molar-refractivity contribution < 1.29 is 14.7 Å². The predicted molar refractivity (Wildman–Crippen MR) is 65.9 cm³/mol. The number of amides is 2. The molecule has 0 aromatic rings. The Balaban J connectivity index is 3.51. The van der Waals surface area contributed by atoms with Crippen LogP contribution in [-0.2, 0) is 4.79 Å². The van der Waals surface area contributed by atoms with E-state index in [0.717, 1.165) is 17.9 Å². The molecule has 0 radical (unpaired) electrons. The minimum absolute atomic E-state index is 0.0182. The summed E-state index contributed by atoms with van der Waals surface area (Å²) in [6, 6.07) is -0.206. The van der Waals surface area contributed by atoms with E-state index in [9.17, 15) is 9.59 Å². The van der Waals surface area contributed by atoms with Crippen molar-refractivity contribution in [2.75, 3.05) is 31.6 Å². The maximum Gasteiger partial charge on any atom is 0.317 e. The van der Waals surface area contributed by atoms with E-state index >= 15 is 0 Å². The second-order valence-corrected chi connectivity index (χ2v) is 4.74. The number of carbonyl (C=O) groups is 2. The molecule has 5 nitrogen and oxygen atoms in total. The molecule has 94 valence electrons. The number of hydrogen-bond acceptors (Lipinski definition) is 3.